The molecule has 0 aliphatic carbocycles. The molecule has 2 aromatic rings. The van der Waals surface area contributed by atoms with E-state index in [4.69, 9.17) is 9.15 Å². The maximum atomic E-state index is 11.3. The third kappa shape index (κ3) is 1.27. The third-order valence-corrected chi connectivity index (χ3v) is 2.14. The van der Waals surface area contributed by atoms with Crippen molar-refractivity contribution in [3.63, 3.8) is 0 Å². The van der Waals surface area contributed by atoms with Gasteiger partial charge in [0.05, 0.1) is 7.11 Å². The molecule has 0 saturated heterocycles. The molecule has 1 aromatic heterocycles. The van der Waals surface area contributed by atoms with Gasteiger partial charge in [0.2, 0.25) is 5.75 Å². The van der Waals surface area contributed by atoms with Crippen molar-refractivity contribution in [1.82, 2.24) is 0 Å². The highest BCUT2D eigenvalue weighted by atomic mass is 16.5. The fraction of sp³-hybridized carbons (Fsp3) is 0.182. The second-order valence-corrected chi connectivity index (χ2v) is 3.10. The van der Waals surface area contributed by atoms with Crippen LogP contribution in [0.3, 0.4) is 0 Å². The van der Waals surface area contributed by atoms with Crippen molar-refractivity contribution in [2.75, 3.05) is 7.11 Å². The molecule has 0 N–H and O–H groups in total. The van der Waals surface area contributed by atoms with Gasteiger partial charge in [0, 0.05) is 5.39 Å². The zero-order valence-corrected chi connectivity index (χ0v) is 8.03. The standard InChI is InChI=1S/C11H10O3/c1-7-4-3-5-8-6-9(13-2)11(12)14-10(7)8/h3-6H,1-2H3. The van der Waals surface area contributed by atoms with Crippen LogP contribution in [0.2, 0.25) is 0 Å². The van der Waals surface area contributed by atoms with E-state index in [1.165, 1.54) is 7.11 Å². The van der Waals surface area contributed by atoms with Crippen molar-refractivity contribution in [3.05, 3.63) is 40.2 Å². The smallest absolute Gasteiger partial charge is 0.379 e. The summed E-state index contributed by atoms with van der Waals surface area (Å²) in [6.07, 6.45) is 0. The Kier molecular flexibility index (Phi) is 2.00. The molecule has 14 heavy (non-hydrogen) atoms. The second kappa shape index (κ2) is 3.18. The number of rotatable bonds is 1. The minimum Gasteiger partial charge on any atom is -0.490 e. The van der Waals surface area contributed by atoms with Crippen molar-refractivity contribution in [1.29, 1.82) is 0 Å². The Labute approximate surface area is 80.9 Å². The van der Waals surface area contributed by atoms with Gasteiger partial charge in [0.15, 0.2) is 0 Å². The normalized spacial score (nSPS) is 10.4. The van der Waals surface area contributed by atoms with Crippen LogP contribution in [0, 0.1) is 6.92 Å². The first kappa shape index (κ1) is 8.81. The van der Waals surface area contributed by atoms with Gasteiger partial charge in [-0.05, 0) is 18.6 Å². The van der Waals surface area contributed by atoms with Crippen molar-refractivity contribution in [2.45, 2.75) is 6.92 Å². The van der Waals surface area contributed by atoms with E-state index in [9.17, 15) is 4.79 Å². The molecule has 0 atom stereocenters. The van der Waals surface area contributed by atoms with E-state index in [0.717, 1.165) is 10.9 Å². The lowest BCUT2D eigenvalue weighted by Gasteiger charge is -2.02. The highest BCUT2D eigenvalue weighted by molar-refractivity contribution is 5.80. The summed E-state index contributed by atoms with van der Waals surface area (Å²) in [5.74, 6) is 0.239. The molecule has 1 heterocycles. The number of ether oxygens (including phenoxy) is 1. The molecule has 0 unspecified atom stereocenters. The summed E-state index contributed by atoms with van der Waals surface area (Å²) in [4.78, 5) is 11.3. The first-order valence-electron chi connectivity index (χ1n) is 4.30. The molecular formula is C11H10O3. The molecule has 2 rings (SSSR count). The molecule has 0 aliphatic heterocycles. The lowest BCUT2D eigenvalue weighted by atomic mass is 10.1. The van der Waals surface area contributed by atoms with Gasteiger partial charge in [0.25, 0.3) is 0 Å². The Balaban J connectivity index is 2.86. The SMILES string of the molecule is COc1cc2cccc(C)c2oc1=O. The van der Waals surface area contributed by atoms with Crippen LogP contribution in [0.4, 0.5) is 0 Å². The van der Waals surface area contributed by atoms with E-state index in [1.54, 1.807) is 6.07 Å². The largest absolute Gasteiger partial charge is 0.490 e. The predicted molar refractivity (Wildman–Crippen MR) is 53.8 cm³/mol. The van der Waals surface area contributed by atoms with Gasteiger partial charge >= 0.3 is 5.63 Å². The summed E-state index contributed by atoms with van der Waals surface area (Å²) in [5, 5.41) is 0.876. The average molecular weight is 190 g/mol. The molecule has 0 bridgehead atoms. The van der Waals surface area contributed by atoms with Gasteiger partial charge in [0.1, 0.15) is 5.58 Å². The number of hydrogen-bond donors (Lipinski definition) is 0. The number of aryl methyl sites for hydroxylation is 1. The minimum atomic E-state index is -0.436. The highest BCUT2D eigenvalue weighted by Crippen LogP contribution is 2.19. The Morgan fingerprint density at radius 1 is 1.36 bits per heavy atom. The summed E-state index contributed by atoms with van der Waals surface area (Å²) in [7, 11) is 1.45. The van der Waals surface area contributed by atoms with Crippen molar-refractivity contribution >= 4 is 11.0 Å². The monoisotopic (exact) mass is 190 g/mol. The summed E-state index contributed by atoms with van der Waals surface area (Å²) in [6.45, 7) is 1.90. The van der Waals surface area contributed by atoms with Gasteiger partial charge < -0.3 is 9.15 Å². The Bertz CT molecular complexity index is 526. The maximum Gasteiger partial charge on any atom is 0.379 e. The fourth-order valence-corrected chi connectivity index (χ4v) is 1.41. The van der Waals surface area contributed by atoms with E-state index >= 15 is 0 Å². The number of fused-ring (bicyclic) bond motifs is 1. The van der Waals surface area contributed by atoms with Crippen molar-refractivity contribution in [2.24, 2.45) is 0 Å². The Morgan fingerprint density at radius 2 is 2.14 bits per heavy atom. The van der Waals surface area contributed by atoms with Crippen LogP contribution in [-0.2, 0) is 0 Å². The van der Waals surface area contributed by atoms with E-state index in [2.05, 4.69) is 0 Å². The van der Waals surface area contributed by atoms with Gasteiger partial charge in [-0.25, -0.2) is 4.79 Å². The minimum absolute atomic E-state index is 0.239. The van der Waals surface area contributed by atoms with Crippen molar-refractivity contribution in [3.8, 4) is 5.75 Å². The molecule has 0 fully saturated rings. The van der Waals surface area contributed by atoms with E-state index in [1.807, 2.05) is 25.1 Å². The topological polar surface area (TPSA) is 39.4 Å². The van der Waals surface area contributed by atoms with Gasteiger partial charge in [-0.1, -0.05) is 18.2 Å². The Morgan fingerprint density at radius 3 is 2.86 bits per heavy atom. The predicted octanol–water partition coefficient (Wildman–Crippen LogP) is 2.11. The van der Waals surface area contributed by atoms with Crippen LogP contribution in [-0.4, -0.2) is 7.11 Å². The van der Waals surface area contributed by atoms with Crippen LogP contribution in [0.5, 0.6) is 5.75 Å². The molecule has 72 valence electrons. The second-order valence-electron chi connectivity index (χ2n) is 3.10. The number of hydrogen-bond acceptors (Lipinski definition) is 3. The zero-order chi connectivity index (χ0) is 10.1. The lowest BCUT2D eigenvalue weighted by molar-refractivity contribution is 0.385. The van der Waals surface area contributed by atoms with Gasteiger partial charge in [-0.3, -0.25) is 0 Å². The first-order valence-corrected chi connectivity index (χ1v) is 4.30. The average Bonchev–Trinajstić information content (AvgIpc) is 2.19. The van der Waals surface area contributed by atoms with Crippen LogP contribution in [0.25, 0.3) is 11.0 Å². The van der Waals surface area contributed by atoms with Crippen molar-refractivity contribution < 1.29 is 9.15 Å². The number of para-hydroxylation sites is 1. The maximum absolute atomic E-state index is 11.3. The summed E-state index contributed by atoms with van der Waals surface area (Å²) >= 11 is 0. The van der Waals surface area contributed by atoms with Crippen LogP contribution in [0.1, 0.15) is 5.56 Å². The third-order valence-electron chi connectivity index (χ3n) is 2.14. The molecule has 0 saturated carbocycles. The molecule has 3 heteroatoms. The fourth-order valence-electron chi connectivity index (χ4n) is 1.41. The summed E-state index contributed by atoms with van der Waals surface area (Å²) in [5.41, 5.74) is 1.13. The molecule has 0 aliphatic rings. The van der Waals surface area contributed by atoms with Crippen LogP contribution < -0.4 is 10.4 Å². The molecular weight excluding hydrogens is 180 g/mol. The van der Waals surface area contributed by atoms with Crippen LogP contribution in [0.15, 0.2) is 33.5 Å². The van der Waals surface area contributed by atoms with Crippen LogP contribution >= 0.6 is 0 Å². The molecule has 0 amide bonds. The number of benzene rings is 1. The van der Waals surface area contributed by atoms with E-state index in [-0.39, 0.29) is 5.75 Å². The van der Waals surface area contributed by atoms with E-state index < -0.39 is 5.63 Å². The first-order chi connectivity index (χ1) is 6.72. The van der Waals surface area contributed by atoms with Gasteiger partial charge in [-0.15, -0.1) is 0 Å². The molecule has 3 nitrogen and oxygen atoms in total. The quantitative estimate of drug-likeness (QED) is 0.646. The molecule has 0 spiro atoms. The number of methoxy groups -OCH3 is 1. The zero-order valence-electron chi connectivity index (χ0n) is 8.03. The summed E-state index contributed by atoms with van der Waals surface area (Å²) in [6, 6.07) is 7.39. The highest BCUT2D eigenvalue weighted by Gasteiger charge is 2.05. The molecule has 1 aromatic carbocycles. The van der Waals surface area contributed by atoms with Gasteiger partial charge in [-0.2, -0.15) is 0 Å². The lowest BCUT2D eigenvalue weighted by Crippen LogP contribution is -2.03. The molecule has 0 radical (unpaired) electrons. The Hall–Kier alpha value is -1.77. The summed E-state index contributed by atoms with van der Waals surface area (Å²) < 4.78 is 10.0. The van der Waals surface area contributed by atoms with E-state index in [0.29, 0.717) is 5.58 Å².